The van der Waals surface area contributed by atoms with E-state index in [0.29, 0.717) is 6.04 Å². The lowest BCUT2D eigenvalue weighted by Gasteiger charge is -2.45. The van der Waals surface area contributed by atoms with E-state index < -0.39 is 0 Å². The zero-order chi connectivity index (χ0) is 14.5. The van der Waals surface area contributed by atoms with Crippen LogP contribution in [0.3, 0.4) is 0 Å². The molecule has 2 aliphatic rings. The van der Waals surface area contributed by atoms with Crippen LogP contribution in [0, 0.1) is 5.92 Å². The Bertz CT molecular complexity index is 400. The van der Waals surface area contributed by atoms with Gasteiger partial charge in [0, 0.05) is 36.8 Å². The van der Waals surface area contributed by atoms with Crippen molar-refractivity contribution >= 4 is 11.3 Å². The van der Waals surface area contributed by atoms with Crippen LogP contribution in [-0.2, 0) is 6.54 Å². The van der Waals surface area contributed by atoms with Crippen molar-refractivity contribution in [3.05, 3.63) is 16.6 Å². The van der Waals surface area contributed by atoms with Crippen LogP contribution < -0.4 is 5.32 Å². The number of hydrogen-bond acceptors (Lipinski definition) is 4. The molecule has 1 aromatic heterocycles. The van der Waals surface area contributed by atoms with E-state index in [9.17, 15) is 0 Å². The molecule has 21 heavy (non-hydrogen) atoms. The number of thiazole rings is 1. The molecule has 3 nitrogen and oxygen atoms in total. The third-order valence-electron chi connectivity index (χ3n) is 5.19. The minimum Gasteiger partial charge on any atom is -0.311 e. The first-order valence-electron chi connectivity index (χ1n) is 8.72. The molecule has 118 valence electrons. The van der Waals surface area contributed by atoms with E-state index in [0.717, 1.165) is 18.5 Å². The third kappa shape index (κ3) is 4.05. The summed E-state index contributed by atoms with van der Waals surface area (Å²) in [5.41, 5.74) is 0. The molecule has 4 heteroatoms. The maximum Gasteiger partial charge on any atom is 0.107 e. The number of nitrogens with zero attached hydrogens (tertiary/aromatic N) is 2. The summed E-state index contributed by atoms with van der Waals surface area (Å²) >= 11 is 1.81. The van der Waals surface area contributed by atoms with E-state index in [-0.39, 0.29) is 0 Å². The molecule has 1 aliphatic carbocycles. The maximum absolute atomic E-state index is 4.52. The van der Waals surface area contributed by atoms with Crippen LogP contribution >= 0.6 is 11.3 Å². The van der Waals surface area contributed by atoms with Crippen LogP contribution in [0.25, 0.3) is 0 Å². The van der Waals surface area contributed by atoms with Gasteiger partial charge in [0.15, 0.2) is 0 Å². The molecule has 0 amide bonds. The molecule has 1 aromatic rings. The molecule has 2 fully saturated rings. The molecule has 1 saturated heterocycles. The van der Waals surface area contributed by atoms with Crippen molar-refractivity contribution in [2.75, 3.05) is 13.1 Å². The van der Waals surface area contributed by atoms with Gasteiger partial charge in [-0.25, -0.2) is 4.98 Å². The minimum atomic E-state index is 0.676. The summed E-state index contributed by atoms with van der Waals surface area (Å²) in [7, 11) is 0. The summed E-state index contributed by atoms with van der Waals surface area (Å²) < 4.78 is 0. The highest BCUT2D eigenvalue weighted by molar-refractivity contribution is 7.09. The predicted molar refractivity (Wildman–Crippen MR) is 89.6 cm³/mol. The predicted octanol–water partition coefficient (Wildman–Crippen LogP) is 3.67. The first kappa shape index (κ1) is 15.4. The molecule has 0 aromatic carbocycles. The average molecular weight is 308 g/mol. The second-order valence-corrected chi connectivity index (χ2v) is 7.69. The fourth-order valence-electron chi connectivity index (χ4n) is 4.11. The van der Waals surface area contributed by atoms with E-state index in [1.807, 2.05) is 6.20 Å². The Labute approximate surface area is 133 Å². The standard InChI is InChI=1S/C17H29N3S/c1-2-6-15-12-20(13-17-18-9-10-21-17)16(11-19-15)14-7-4-3-5-8-14/h9-10,14-16,19H,2-8,11-13H2,1H3. The monoisotopic (exact) mass is 307 g/mol. The first-order valence-corrected chi connectivity index (χ1v) is 9.60. The van der Waals surface area contributed by atoms with Crippen molar-refractivity contribution in [2.45, 2.75) is 70.5 Å². The smallest absolute Gasteiger partial charge is 0.107 e. The molecule has 0 bridgehead atoms. The molecule has 2 atom stereocenters. The Morgan fingerprint density at radius 2 is 2.19 bits per heavy atom. The minimum absolute atomic E-state index is 0.676. The van der Waals surface area contributed by atoms with Crippen LogP contribution in [0.1, 0.15) is 56.9 Å². The van der Waals surface area contributed by atoms with Gasteiger partial charge in [0.25, 0.3) is 0 Å². The lowest BCUT2D eigenvalue weighted by atomic mass is 9.82. The van der Waals surface area contributed by atoms with Crippen LogP contribution in [0.5, 0.6) is 0 Å². The number of nitrogens with one attached hydrogen (secondary N) is 1. The van der Waals surface area contributed by atoms with Crippen molar-refractivity contribution in [2.24, 2.45) is 5.92 Å². The van der Waals surface area contributed by atoms with Gasteiger partial charge < -0.3 is 5.32 Å². The van der Waals surface area contributed by atoms with Crippen LogP contribution in [0.2, 0.25) is 0 Å². The highest BCUT2D eigenvalue weighted by Crippen LogP contribution is 2.31. The molecular weight excluding hydrogens is 278 g/mol. The van der Waals surface area contributed by atoms with Gasteiger partial charge in [0.05, 0.1) is 6.54 Å². The van der Waals surface area contributed by atoms with Gasteiger partial charge in [-0.3, -0.25) is 4.90 Å². The second kappa shape index (κ2) is 7.70. The largest absolute Gasteiger partial charge is 0.311 e. The molecule has 3 rings (SSSR count). The van der Waals surface area contributed by atoms with E-state index in [4.69, 9.17) is 0 Å². The highest BCUT2D eigenvalue weighted by Gasteiger charge is 2.33. The van der Waals surface area contributed by atoms with Gasteiger partial charge in [-0.15, -0.1) is 11.3 Å². The molecule has 2 heterocycles. The molecular formula is C17H29N3S. The average Bonchev–Trinajstić information content (AvgIpc) is 3.02. The molecule has 1 aliphatic heterocycles. The fourth-order valence-corrected chi connectivity index (χ4v) is 4.75. The number of aromatic nitrogens is 1. The van der Waals surface area contributed by atoms with Crippen LogP contribution in [-0.4, -0.2) is 35.1 Å². The lowest BCUT2D eigenvalue weighted by Crippen LogP contribution is -2.58. The van der Waals surface area contributed by atoms with E-state index >= 15 is 0 Å². The van der Waals surface area contributed by atoms with Gasteiger partial charge in [0.1, 0.15) is 5.01 Å². The Kier molecular flexibility index (Phi) is 5.67. The summed E-state index contributed by atoms with van der Waals surface area (Å²) in [5, 5.41) is 7.21. The Morgan fingerprint density at radius 1 is 1.33 bits per heavy atom. The van der Waals surface area contributed by atoms with Crippen LogP contribution in [0.4, 0.5) is 0 Å². The molecule has 0 spiro atoms. The van der Waals surface area contributed by atoms with Gasteiger partial charge in [-0.2, -0.15) is 0 Å². The van der Waals surface area contributed by atoms with Crippen LogP contribution in [0.15, 0.2) is 11.6 Å². The molecule has 1 N–H and O–H groups in total. The quantitative estimate of drug-likeness (QED) is 0.899. The number of hydrogen-bond donors (Lipinski definition) is 1. The highest BCUT2D eigenvalue weighted by atomic mass is 32.1. The number of rotatable bonds is 5. The Balaban J connectivity index is 1.67. The van der Waals surface area contributed by atoms with Crippen molar-refractivity contribution in [1.82, 2.24) is 15.2 Å². The molecule has 0 radical (unpaired) electrons. The van der Waals surface area contributed by atoms with Crippen molar-refractivity contribution < 1.29 is 0 Å². The second-order valence-electron chi connectivity index (χ2n) is 6.71. The summed E-state index contributed by atoms with van der Waals surface area (Å²) in [6, 6.07) is 1.40. The lowest BCUT2D eigenvalue weighted by molar-refractivity contribution is 0.0633. The van der Waals surface area contributed by atoms with E-state index in [1.54, 1.807) is 11.3 Å². The normalized spacial score (nSPS) is 28.8. The van der Waals surface area contributed by atoms with Gasteiger partial charge in [-0.1, -0.05) is 32.6 Å². The first-order chi connectivity index (χ1) is 10.4. The fraction of sp³-hybridized carbons (Fsp3) is 0.824. The third-order valence-corrected chi connectivity index (χ3v) is 5.96. The van der Waals surface area contributed by atoms with Gasteiger partial charge >= 0.3 is 0 Å². The summed E-state index contributed by atoms with van der Waals surface area (Å²) in [6.07, 6.45) is 11.7. The zero-order valence-electron chi connectivity index (χ0n) is 13.3. The number of piperazine rings is 1. The van der Waals surface area contributed by atoms with Gasteiger partial charge in [-0.05, 0) is 25.2 Å². The summed E-state index contributed by atoms with van der Waals surface area (Å²) in [5.74, 6) is 0.897. The van der Waals surface area contributed by atoms with Gasteiger partial charge in [0.2, 0.25) is 0 Å². The zero-order valence-corrected chi connectivity index (χ0v) is 14.1. The van der Waals surface area contributed by atoms with Crippen molar-refractivity contribution in [1.29, 1.82) is 0 Å². The maximum atomic E-state index is 4.52. The topological polar surface area (TPSA) is 28.2 Å². The van der Waals surface area contributed by atoms with Crippen molar-refractivity contribution in [3.8, 4) is 0 Å². The summed E-state index contributed by atoms with van der Waals surface area (Å²) in [4.78, 5) is 7.26. The summed E-state index contributed by atoms with van der Waals surface area (Å²) in [6.45, 7) is 5.73. The molecule has 1 saturated carbocycles. The van der Waals surface area contributed by atoms with Crippen molar-refractivity contribution in [3.63, 3.8) is 0 Å². The SMILES string of the molecule is CCCC1CN(Cc2nccs2)C(C2CCCCC2)CN1. The molecule has 2 unspecified atom stereocenters. The van der Waals surface area contributed by atoms with E-state index in [2.05, 4.69) is 27.5 Å². The van der Waals surface area contributed by atoms with E-state index in [1.165, 1.54) is 63.0 Å². The Morgan fingerprint density at radius 3 is 2.90 bits per heavy atom. The Hall–Kier alpha value is -0.450.